The molecule has 5 aliphatic rings. The number of rotatable bonds is 8. The highest BCUT2D eigenvalue weighted by molar-refractivity contribution is 7.26. The van der Waals surface area contributed by atoms with Crippen LogP contribution < -0.4 is 0 Å². The number of ether oxygens (including phenoxy) is 2. The van der Waals surface area contributed by atoms with Crippen molar-refractivity contribution in [3.63, 3.8) is 0 Å². The van der Waals surface area contributed by atoms with E-state index in [4.69, 9.17) is 9.47 Å². The average molecular weight is 773 g/mol. The van der Waals surface area contributed by atoms with Gasteiger partial charge in [-0.3, -0.25) is 28.8 Å². The van der Waals surface area contributed by atoms with Crippen molar-refractivity contribution in [2.45, 2.75) is 70.0 Å². The molecule has 0 radical (unpaired) electrons. The predicted octanol–water partition coefficient (Wildman–Crippen LogP) is 7.62. The Bertz CT molecular complexity index is 2120. The number of hydrogen-bond donors (Lipinski definition) is 0. The number of ketones is 4. The maximum absolute atomic E-state index is 14.8. The van der Waals surface area contributed by atoms with Gasteiger partial charge in [-0.1, -0.05) is 86.3 Å². The van der Waals surface area contributed by atoms with Crippen LogP contribution >= 0.6 is 22.7 Å². The van der Waals surface area contributed by atoms with E-state index in [-0.39, 0.29) is 92.6 Å². The number of carbonyl (C=O) groups excluding carboxylic acids is 6. The van der Waals surface area contributed by atoms with Crippen LogP contribution in [0.1, 0.15) is 73.6 Å². The standard InChI is InChI=1S/C43H36N2O8S2/c46-35-25-15-7-8-16-26(25)36(47)33(35)44-31-19-29-39(54-31)40-30(20-32(55-40)45-34-37(48)27-17-9-10-18-28(27)38(34)49)43(29,41(50)52-21-23-11-3-1-4-12-23)42(51)53-22-24-13-5-2-6-14-24/h1-6,11-14,19-20,25-28H,7-10,15-18,21-22H2. The van der Waals surface area contributed by atoms with E-state index >= 15 is 0 Å². The van der Waals surface area contributed by atoms with Crippen LogP contribution in [0.2, 0.25) is 0 Å². The van der Waals surface area contributed by atoms with Gasteiger partial charge in [0.25, 0.3) is 0 Å². The fraction of sp³-hybridized carbons (Fsp3) is 0.349. The molecule has 12 heteroatoms. The molecule has 4 saturated carbocycles. The van der Waals surface area contributed by atoms with Gasteiger partial charge in [0.2, 0.25) is 5.41 Å². The van der Waals surface area contributed by atoms with Gasteiger partial charge < -0.3 is 9.47 Å². The largest absolute Gasteiger partial charge is 0.459 e. The molecule has 0 saturated heterocycles. The lowest BCUT2D eigenvalue weighted by molar-refractivity contribution is -0.164. The second kappa shape index (κ2) is 14.1. The molecule has 0 bridgehead atoms. The Morgan fingerprint density at radius 2 is 0.909 bits per heavy atom. The Morgan fingerprint density at radius 1 is 0.564 bits per heavy atom. The van der Waals surface area contributed by atoms with Crippen molar-refractivity contribution in [2.75, 3.05) is 0 Å². The van der Waals surface area contributed by atoms with Crippen LogP contribution in [-0.4, -0.2) is 46.5 Å². The monoisotopic (exact) mass is 772 g/mol. The molecule has 2 aromatic carbocycles. The minimum Gasteiger partial charge on any atom is -0.459 e. The second-order valence-corrected chi connectivity index (χ2v) is 17.0. The Kier molecular flexibility index (Phi) is 9.13. The third-order valence-corrected chi connectivity index (χ3v) is 14.0. The van der Waals surface area contributed by atoms with Gasteiger partial charge in [-0.25, -0.2) is 9.98 Å². The molecular formula is C43H36N2O8S2. The molecule has 55 heavy (non-hydrogen) atoms. The minimum atomic E-state index is -2.15. The molecule has 4 unspecified atom stereocenters. The molecular weight excluding hydrogens is 737 g/mol. The van der Waals surface area contributed by atoms with Crippen LogP contribution in [0.25, 0.3) is 9.75 Å². The van der Waals surface area contributed by atoms with E-state index in [1.807, 2.05) is 36.4 Å². The number of thiophene rings is 2. The van der Waals surface area contributed by atoms with Crippen molar-refractivity contribution < 1.29 is 38.2 Å². The highest BCUT2D eigenvalue weighted by atomic mass is 32.1. The molecule has 0 amide bonds. The first kappa shape index (κ1) is 35.5. The quantitative estimate of drug-likeness (QED) is 0.131. The van der Waals surface area contributed by atoms with Gasteiger partial charge in [-0.15, -0.1) is 22.7 Å². The summed E-state index contributed by atoms with van der Waals surface area (Å²) < 4.78 is 11.9. The van der Waals surface area contributed by atoms with E-state index in [1.165, 1.54) is 0 Å². The fourth-order valence-electron chi connectivity index (χ4n) is 8.99. The Morgan fingerprint density at radius 3 is 1.25 bits per heavy atom. The van der Waals surface area contributed by atoms with E-state index in [0.29, 0.717) is 46.6 Å². The first-order valence-electron chi connectivity index (χ1n) is 18.8. The van der Waals surface area contributed by atoms with Gasteiger partial charge in [0, 0.05) is 34.8 Å². The lowest BCUT2D eigenvalue weighted by Crippen LogP contribution is -2.45. The maximum atomic E-state index is 14.8. The van der Waals surface area contributed by atoms with Gasteiger partial charge in [0.15, 0.2) is 34.6 Å². The smallest absolute Gasteiger partial charge is 0.333 e. The molecule has 278 valence electrons. The number of hydrogen-bond acceptors (Lipinski definition) is 12. The summed E-state index contributed by atoms with van der Waals surface area (Å²) in [6, 6.07) is 21.3. The average Bonchev–Trinajstić information content (AvgIpc) is 3.99. The number of Topliss-reactive ketones (excluding diaryl/α,β-unsaturated/α-hetero) is 4. The van der Waals surface area contributed by atoms with Crippen molar-refractivity contribution in [2.24, 2.45) is 33.7 Å². The van der Waals surface area contributed by atoms with Gasteiger partial charge in [0.1, 0.15) is 23.2 Å². The van der Waals surface area contributed by atoms with Crippen molar-refractivity contribution in [1.82, 2.24) is 0 Å². The first-order chi connectivity index (χ1) is 26.8. The van der Waals surface area contributed by atoms with Crippen molar-refractivity contribution >= 4 is 79.2 Å². The summed E-state index contributed by atoms with van der Waals surface area (Å²) in [4.78, 5) is 93.7. The van der Waals surface area contributed by atoms with E-state index in [1.54, 1.807) is 36.4 Å². The summed E-state index contributed by atoms with van der Waals surface area (Å²) >= 11 is 2.30. The van der Waals surface area contributed by atoms with E-state index in [0.717, 1.165) is 48.4 Å². The van der Waals surface area contributed by atoms with Crippen LogP contribution in [0.3, 0.4) is 0 Å². The SMILES string of the molecule is O=C1C(=Nc2cc3c(s2)-c2sc(N=C4C(=O)C5CCCCC5C4=O)cc2C3(C(=O)OCc2ccccc2)C(=O)OCc2ccccc2)C(=O)C2CCCCC12. The minimum absolute atomic E-state index is 0.0982. The number of esters is 2. The number of nitrogens with zero attached hydrogens (tertiary/aromatic N) is 2. The van der Waals surface area contributed by atoms with Crippen molar-refractivity contribution in [3.8, 4) is 9.75 Å². The normalized spacial score (nSPS) is 23.6. The molecule has 10 nitrogen and oxygen atoms in total. The van der Waals surface area contributed by atoms with E-state index in [9.17, 15) is 28.8 Å². The number of carbonyl (C=O) groups is 6. The predicted molar refractivity (Wildman–Crippen MR) is 206 cm³/mol. The molecule has 4 fully saturated rings. The summed E-state index contributed by atoms with van der Waals surface area (Å²) in [5, 5.41) is 0.571. The summed E-state index contributed by atoms with van der Waals surface area (Å²) in [5.74, 6) is -4.32. The van der Waals surface area contributed by atoms with Crippen LogP contribution in [0.4, 0.5) is 10.0 Å². The molecule has 2 aromatic heterocycles. The van der Waals surface area contributed by atoms with Gasteiger partial charge in [0.05, 0.1) is 9.75 Å². The van der Waals surface area contributed by atoms with Gasteiger partial charge in [-0.2, -0.15) is 0 Å². The highest BCUT2D eigenvalue weighted by Gasteiger charge is 2.60. The number of benzene rings is 2. The molecule has 2 heterocycles. The molecule has 4 aromatic rings. The summed E-state index contributed by atoms with van der Waals surface area (Å²) in [6.07, 6.45) is 6.11. The summed E-state index contributed by atoms with van der Waals surface area (Å²) in [5.41, 5.74) is -0.399. The Balaban J connectivity index is 1.18. The van der Waals surface area contributed by atoms with Gasteiger partial charge in [-0.05, 0) is 48.9 Å². The summed E-state index contributed by atoms with van der Waals surface area (Å²) in [7, 11) is 0. The van der Waals surface area contributed by atoms with E-state index < -0.39 is 17.4 Å². The lowest BCUT2D eigenvalue weighted by atomic mass is 9.79. The number of fused-ring (bicyclic) bond motifs is 5. The van der Waals surface area contributed by atoms with Crippen LogP contribution in [0, 0.1) is 23.7 Å². The third kappa shape index (κ3) is 5.88. The highest BCUT2D eigenvalue weighted by Crippen LogP contribution is 2.60. The van der Waals surface area contributed by atoms with E-state index in [2.05, 4.69) is 9.98 Å². The second-order valence-electron chi connectivity index (χ2n) is 14.9. The van der Waals surface area contributed by atoms with Gasteiger partial charge >= 0.3 is 11.9 Å². The fourth-order valence-corrected chi connectivity index (χ4v) is 11.3. The molecule has 0 N–H and O–H groups in total. The first-order valence-corrected chi connectivity index (χ1v) is 20.4. The third-order valence-electron chi connectivity index (χ3n) is 11.7. The van der Waals surface area contributed by atoms with Crippen LogP contribution in [-0.2, 0) is 56.9 Å². The zero-order chi connectivity index (χ0) is 37.8. The zero-order valence-electron chi connectivity index (χ0n) is 29.8. The Hall–Kier alpha value is -5.20. The zero-order valence-corrected chi connectivity index (χ0v) is 31.4. The molecule has 0 aliphatic heterocycles. The van der Waals surface area contributed by atoms with Crippen molar-refractivity contribution in [1.29, 1.82) is 0 Å². The molecule has 4 atom stereocenters. The van der Waals surface area contributed by atoms with Crippen LogP contribution in [0.5, 0.6) is 0 Å². The molecule has 5 aliphatic carbocycles. The molecule has 0 spiro atoms. The summed E-state index contributed by atoms with van der Waals surface area (Å²) in [6.45, 7) is -0.261. The topological polar surface area (TPSA) is 146 Å². The Labute approximate surface area is 324 Å². The van der Waals surface area contributed by atoms with Crippen LogP contribution in [0.15, 0.2) is 82.8 Å². The number of aliphatic imine (C=N–C) groups is 2. The maximum Gasteiger partial charge on any atom is 0.333 e. The van der Waals surface area contributed by atoms with Crippen molar-refractivity contribution in [3.05, 3.63) is 95.1 Å². The lowest BCUT2D eigenvalue weighted by Gasteiger charge is -2.26. The molecule has 9 rings (SSSR count).